The van der Waals surface area contributed by atoms with Crippen LogP contribution >= 0.6 is 0 Å². The van der Waals surface area contributed by atoms with Gasteiger partial charge in [0, 0.05) is 45.5 Å². The number of nitrogens with one attached hydrogen (secondary N) is 1. The zero-order chi connectivity index (χ0) is 15.1. The van der Waals surface area contributed by atoms with Gasteiger partial charge in [0.1, 0.15) is 5.82 Å². The molecule has 0 spiro atoms. The first kappa shape index (κ1) is 16.2. The molecule has 4 heteroatoms. The Kier molecular flexibility index (Phi) is 6.00. The third-order valence-electron chi connectivity index (χ3n) is 4.03. The molecule has 1 fully saturated rings. The van der Waals surface area contributed by atoms with Crippen molar-refractivity contribution < 1.29 is 0 Å². The zero-order valence-corrected chi connectivity index (χ0v) is 13.8. The van der Waals surface area contributed by atoms with Crippen LogP contribution in [0.5, 0.6) is 0 Å². The molecule has 1 aromatic rings. The Balaban J connectivity index is 1.76. The molecule has 1 saturated heterocycles. The van der Waals surface area contributed by atoms with Crippen LogP contribution in [0.15, 0.2) is 24.4 Å². The van der Waals surface area contributed by atoms with Crippen LogP contribution < -0.4 is 10.2 Å². The fourth-order valence-corrected chi connectivity index (χ4v) is 2.94. The molecule has 1 aliphatic heterocycles. The smallest absolute Gasteiger partial charge is 0.128 e. The lowest BCUT2D eigenvalue weighted by Crippen LogP contribution is -2.50. The van der Waals surface area contributed by atoms with Crippen molar-refractivity contribution in [2.24, 2.45) is 5.41 Å². The molecule has 4 nitrogen and oxygen atoms in total. The second-order valence-electron chi connectivity index (χ2n) is 6.79. The van der Waals surface area contributed by atoms with Crippen molar-refractivity contribution in [3.8, 4) is 0 Å². The first-order valence-corrected chi connectivity index (χ1v) is 8.20. The topological polar surface area (TPSA) is 31.4 Å². The van der Waals surface area contributed by atoms with E-state index in [4.69, 9.17) is 0 Å². The van der Waals surface area contributed by atoms with E-state index in [1.54, 1.807) is 0 Å². The standard InChI is InChI=1S/C17H30N4/c1-4-8-18-14-17(2,3)15-20-10-12-21(13-11-20)16-7-5-6-9-19-16/h5-7,9,18H,4,8,10-15H2,1-3H3. The molecule has 1 N–H and O–H groups in total. The van der Waals surface area contributed by atoms with Crippen LogP contribution in [-0.4, -0.2) is 55.7 Å². The summed E-state index contributed by atoms with van der Waals surface area (Å²) in [6.07, 6.45) is 3.09. The predicted molar refractivity (Wildman–Crippen MR) is 89.8 cm³/mol. The van der Waals surface area contributed by atoms with Crippen molar-refractivity contribution >= 4 is 5.82 Å². The second-order valence-corrected chi connectivity index (χ2v) is 6.79. The number of piperazine rings is 1. The fraction of sp³-hybridized carbons (Fsp3) is 0.706. The van der Waals surface area contributed by atoms with Gasteiger partial charge in [-0.1, -0.05) is 26.8 Å². The van der Waals surface area contributed by atoms with E-state index in [1.165, 1.54) is 13.0 Å². The highest BCUT2D eigenvalue weighted by Crippen LogP contribution is 2.19. The fourth-order valence-electron chi connectivity index (χ4n) is 2.94. The second kappa shape index (κ2) is 7.76. The SMILES string of the molecule is CCCNCC(C)(C)CN1CCN(c2ccccn2)CC1. The minimum absolute atomic E-state index is 0.336. The van der Waals surface area contributed by atoms with Crippen LogP contribution in [0.4, 0.5) is 5.82 Å². The molecule has 1 aliphatic rings. The van der Waals surface area contributed by atoms with Gasteiger partial charge in [-0.3, -0.25) is 4.90 Å². The summed E-state index contributed by atoms with van der Waals surface area (Å²) in [7, 11) is 0. The molecule has 0 aromatic carbocycles. The number of pyridine rings is 1. The Morgan fingerprint density at radius 1 is 1.19 bits per heavy atom. The van der Waals surface area contributed by atoms with E-state index in [-0.39, 0.29) is 0 Å². The first-order valence-electron chi connectivity index (χ1n) is 8.20. The maximum atomic E-state index is 4.45. The Bertz CT molecular complexity index is 397. The van der Waals surface area contributed by atoms with Gasteiger partial charge in [0.05, 0.1) is 0 Å². The molecule has 0 aliphatic carbocycles. The van der Waals surface area contributed by atoms with Crippen LogP contribution in [-0.2, 0) is 0 Å². The molecule has 2 heterocycles. The lowest BCUT2D eigenvalue weighted by Gasteiger charge is -2.39. The Hall–Kier alpha value is -1.13. The summed E-state index contributed by atoms with van der Waals surface area (Å²) in [5, 5.41) is 3.55. The summed E-state index contributed by atoms with van der Waals surface area (Å²) in [6, 6.07) is 6.15. The molecule has 0 amide bonds. The lowest BCUT2D eigenvalue weighted by atomic mass is 9.92. The first-order chi connectivity index (χ1) is 10.1. The lowest BCUT2D eigenvalue weighted by molar-refractivity contribution is 0.166. The van der Waals surface area contributed by atoms with Gasteiger partial charge in [0.2, 0.25) is 0 Å². The number of anilines is 1. The summed E-state index contributed by atoms with van der Waals surface area (Å²) in [4.78, 5) is 9.43. The molecule has 0 radical (unpaired) electrons. The molecule has 2 rings (SSSR count). The van der Waals surface area contributed by atoms with E-state index >= 15 is 0 Å². The molecule has 0 bridgehead atoms. The van der Waals surface area contributed by atoms with Gasteiger partial charge in [0.25, 0.3) is 0 Å². The van der Waals surface area contributed by atoms with Crippen molar-refractivity contribution in [2.75, 3.05) is 50.7 Å². The van der Waals surface area contributed by atoms with Crippen molar-refractivity contribution in [3.05, 3.63) is 24.4 Å². The summed E-state index contributed by atoms with van der Waals surface area (Å²) in [5.74, 6) is 1.11. The average Bonchev–Trinajstić information content (AvgIpc) is 2.49. The minimum Gasteiger partial charge on any atom is -0.354 e. The number of nitrogens with zero attached hydrogens (tertiary/aromatic N) is 3. The van der Waals surface area contributed by atoms with Gasteiger partial charge in [0.15, 0.2) is 0 Å². The molecule has 1 aromatic heterocycles. The van der Waals surface area contributed by atoms with Gasteiger partial charge in [-0.05, 0) is 30.5 Å². The van der Waals surface area contributed by atoms with E-state index < -0.39 is 0 Å². The summed E-state index contributed by atoms with van der Waals surface area (Å²) in [5.41, 5.74) is 0.336. The number of aromatic nitrogens is 1. The van der Waals surface area contributed by atoms with Gasteiger partial charge in [-0.15, -0.1) is 0 Å². The highest BCUT2D eigenvalue weighted by molar-refractivity contribution is 5.38. The van der Waals surface area contributed by atoms with E-state index in [1.807, 2.05) is 12.3 Å². The van der Waals surface area contributed by atoms with Crippen molar-refractivity contribution in [1.29, 1.82) is 0 Å². The van der Waals surface area contributed by atoms with Crippen molar-refractivity contribution in [3.63, 3.8) is 0 Å². The molecular weight excluding hydrogens is 260 g/mol. The third-order valence-corrected chi connectivity index (χ3v) is 4.03. The largest absolute Gasteiger partial charge is 0.354 e. The molecule has 0 saturated carbocycles. The Morgan fingerprint density at radius 3 is 2.57 bits per heavy atom. The number of hydrogen-bond donors (Lipinski definition) is 1. The van der Waals surface area contributed by atoms with Crippen molar-refractivity contribution in [1.82, 2.24) is 15.2 Å². The highest BCUT2D eigenvalue weighted by Gasteiger charge is 2.24. The van der Waals surface area contributed by atoms with Gasteiger partial charge in [-0.25, -0.2) is 4.98 Å². The Labute approximate surface area is 129 Å². The third kappa shape index (κ3) is 5.29. The quantitative estimate of drug-likeness (QED) is 0.780. The molecule has 21 heavy (non-hydrogen) atoms. The normalized spacial score (nSPS) is 17.2. The van der Waals surface area contributed by atoms with E-state index in [2.05, 4.69) is 53.0 Å². The van der Waals surface area contributed by atoms with E-state index in [0.717, 1.165) is 45.1 Å². The van der Waals surface area contributed by atoms with E-state index in [0.29, 0.717) is 5.41 Å². The average molecular weight is 290 g/mol. The summed E-state index contributed by atoms with van der Waals surface area (Å²) < 4.78 is 0. The van der Waals surface area contributed by atoms with Crippen LogP contribution in [0.1, 0.15) is 27.2 Å². The summed E-state index contributed by atoms with van der Waals surface area (Å²) >= 11 is 0. The predicted octanol–water partition coefficient (Wildman–Crippen LogP) is 2.23. The maximum absolute atomic E-state index is 4.45. The molecule has 0 atom stereocenters. The molecular formula is C17H30N4. The molecule has 0 unspecified atom stereocenters. The van der Waals surface area contributed by atoms with Gasteiger partial charge >= 0.3 is 0 Å². The van der Waals surface area contributed by atoms with Crippen LogP contribution in [0.2, 0.25) is 0 Å². The summed E-state index contributed by atoms with van der Waals surface area (Å²) in [6.45, 7) is 14.8. The van der Waals surface area contributed by atoms with E-state index in [9.17, 15) is 0 Å². The maximum Gasteiger partial charge on any atom is 0.128 e. The van der Waals surface area contributed by atoms with Crippen LogP contribution in [0, 0.1) is 5.41 Å². The van der Waals surface area contributed by atoms with Gasteiger partial charge in [-0.2, -0.15) is 0 Å². The van der Waals surface area contributed by atoms with Crippen LogP contribution in [0.25, 0.3) is 0 Å². The number of hydrogen-bond acceptors (Lipinski definition) is 4. The monoisotopic (exact) mass is 290 g/mol. The van der Waals surface area contributed by atoms with Crippen molar-refractivity contribution in [2.45, 2.75) is 27.2 Å². The number of rotatable bonds is 7. The van der Waals surface area contributed by atoms with Gasteiger partial charge < -0.3 is 10.2 Å². The molecule has 118 valence electrons. The zero-order valence-electron chi connectivity index (χ0n) is 13.8. The van der Waals surface area contributed by atoms with Crippen LogP contribution in [0.3, 0.4) is 0 Å². The highest BCUT2D eigenvalue weighted by atomic mass is 15.3. The Morgan fingerprint density at radius 2 is 1.95 bits per heavy atom. The minimum atomic E-state index is 0.336.